The Labute approximate surface area is 183 Å². The minimum atomic E-state index is -0.294. The highest BCUT2D eigenvalue weighted by Crippen LogP contribution is 2.28. The number of benzene rings is 2. The van der Waals surface area contributed by atoms with Crippen molar-refractivity contribution in [1.82, 2.24) is 10.2 Å². The summed E-state index contributed by atoms with van der Waals surface area (Å²) in [7, 11) is 0. The number of hydrogen-bond acceptors (Lipinski definition) is 2. The Morgan fingerprint density at radius 3 is 1.82 bits per heavy atom. The highest BCUT2D eigenvalue weighted by atomic mass is 35.5. The zero-order chi connectivity index (χ0) is 20.3. The van der Waals surface area contributed by atoms with Crippen LogP contribution in [0, 0.1) is 5.92 Å². The molecule has 4 nitrogen and oxygen atoms in total. The number of likely N-dealkylation sites (tertiary alicyclic amines) is 1. The quantitative estimate of drug-likeness (QED) is 0.648. The van der Waals surface area contributed by atoms with Crippen LogP contribution in [0.4, 0.5) is 0 Å². The fourth-order valence-electron chi connectivity index (χ4n) is 3.24. The van der Waals surface area contributed by atoms with E-state index in [9.17, 15) is 9.59 Å². The molecule has 2 aromatic rings. The van der Waals surface area contributed by atoms with E-state index in [4.69, 9.17) is 46.4 Å². The van der Waals surface area contributed by atoms with Crippen LogP contribution in [0.25, 0.3) is 0 Å². The van der Waals surface area contributed by atoms with E-state index in [1.807, 2.05) is 0 Å². The second-order valence-electron chi connectivity index (χ2n) is 6.64. The molecule has 1 N–H and O–H groups in total. The van der Waals surface area contributed by atoms with Crippen LogP contribution < -0.4 is 5.32 Å². The smallest absolute Gasteiger partial charge is 0.256 e. The topological polar surface area (TPSA) is 49.4 Å². The lowest BCUT2D eigenvalue weighted by Gasteiger charge is -2.32. The number of nitrogens with one attached hydrogen (secondary N) is 1. The van der Waals surface area contributed by atoms with Gasteiger partial charge in [0.2, 0.25) is 0 Å². The van der Waals surface area contributed by atoms with Gasteiger partial charge in [0, 0.05) is 19.6 Å². The Bertz CT molecular complexity index is 855. The van der Waals surface area contributed by atoms with Gasteiger partial charge in [-0.25, -0.2) is 0 Å². The Morgan fingerprint density at radius 2 is 1.32 bits per heavy atom. The molecule has 0 aliphatic carbocycles. The number of carbonyl (C=O) groups excluding carboxylic acids is 2. The molecule has 0 saturated carbocycles. The average molecular weight is 460 g/mol. The van der Waals surface area contributed by atoms with Gasteiger partial charge in [0.15, 0.2) is 0 Å². The summed E-state index contributed by atoms with van der Waals surface area (Å²) in [5.74, 6) is -0.200. The maximum atomic E-state index is 12.7. The number of halogens is 4. The Kier molecular flexibility index (Phi) is 7.10. The lowest BCUT2D eigenvalue weighted by Crippen LogP contribution is -2.41. The normalized spacial score (nSPS) is 14.8. The van der Waals surface area contributed by atoms with Crippen LogP contribution >= 0.6 is 46.4 Å². The SMILES string of the molecule is O=C(NCC1CCN(C(=O)c2c(Cl)cccc2Cl)CC1)c1c(Cl)cccc1Cl. The fourth-order valence-corrected chi connectivity index (χ4v) is 4.37. The second kappa shape index (κ2) is 9.36. The Hall–Kier alpha value is -1.46. The molecule has 28 heavy (non-hydrogen) atoms. The van der Waals surface area contributed by atoms with Crippen molar-refractivity contribution < 1.29 is 9.59 Å². The van der Waals surface area contributed by atoms with E-state index in [1.54, 1.807) is 41.3 Å². The van der Waals surface area contributed by atoms with Gasteiger partial charge in [-0.1, -0.05) is 58.5 Å². The minimum Gasteiger partial charge on any atom is -0.352 e. The van der Waals surface area contributed by atoms with Gasteiger partial charge in [-0.05, 0) is 43.0 Å². The van der Waals surface area contributed by atoms with Crippen LogP contribution in [0.1, 0.15) is 33.6 Å². The molecule has 0 atom stereocenters. The fraction of sp³-hybridized carbons (Fsp3) is 0.300. The van der Waals surface area contributed by atoms with Crippen molar-refractivity contribution in [2.45, 2.75) is 12.8 Å². The summed E-state index contributed by atoms with van der Waals surface area (Å²) in [5, 5.41) is 4.23. The zero-order valence-corrected chi connectivity index (χ0v) is 17.9. The highest BCUT2D eigenvalue weighted by molar-refractivity contribution is 6.40. The Morgan fingerprint density at radius 1 is 0.857 bits per heavy atom. The van der Waals surface area contributed by atoms with Crippen molar-refractivity contribution in [2.24, 2.45) is 5.92 Å². The molecule has 1 fully saturated rings. The average Bonchev–Trinajstić information content (AvgIpc) is 2.66. The summed E-state index contributed by atoms with van der Waals surface area (Å²) < 4.78 is 0. The first kappa shape index (κ1) is 21.3. The summed E-state index contributed by atoms with van der Waals surface area (Å²) >= 11 is 24.4. The third-order valence-electron chi connectivity index (χ3n) is 4.82. The van der Waals surface area contributed by atoms with Crippen LogP contribution in [0.2, 0.25) is 20.1 Å². The maximum Gasteiger partial charge on any atom is 0.256 e. The molecular weight excluding hydrogens is 442 g/mol. The van der Waals surface area contributed by atoms with Gasteiger partial charge in [-0.15, -0.1) is 0 Å². The lowest BCUT2D eigenvalue weighted by atomic mass is 9.96. The summed E-state index contributed by atoms with van der Waals surface area (Å²) in [6.07, 6.45) is 1.54. The number of hydrogen-bond donors (Lipinski definition) is 1. The van der Waals surface area contributed by atoms with Crippen LogP contribution in [-0.4, -0.2) is 36.3 Å². The zero-order valence-electron chi connectivity index (χ0n) is 14.9. The molecular formula is C20H18Cl4N2O2. The number of piperidine rings is 1. The summed E-state index contributed by atoms with van der Waals surface area (Å²) in [5.41, 5.74) is 0.623. The molecule has 0 aromatic heterocycles. The first-order chi connectivity index (χ1) is 13.4. The third kappa shape index (κ3) is 4.74. The number of amides is 2. The van der Waals surface area contributed by atoms with Crippen molar-refractivity contribution in [3.05, 3.63) is 67.6 Å². The summed E-state index contributed by atoms with van der Waals surface area (Å²) in [4.78, 5) is 26.9. The molecule has 8 heteroatoms. The van der Waals surface area contributed by atoms with E-state index < -0.39 is 0 Å². The van der Waals surface area contributed by atoms with Crippen LogP contribution in [0.3, 0.4) is 0 Å². The molecule has 0 spiro atoms. The molecule has 1 heterocycles. The van der Waals surface area contributed by atoms with Crippen molar-refractivity contribution in [3.8, 4) is 0 Å². The van der Waals surface area contributed by atoms with Gasteiger partial charge < -0.3 is 10.2 Å². The van der Waals surface area contributed by atoms with E-state index in [1.165, 1.54) is 0 Å². The van der Waals surface area contributed by atoms with Gasteiger partial charge in [0.25, 0.3) is 11.8 Å². The molecule has 1 aliphatic heterocycles. The molecule has 3 rings (SSSR count). The first-order valence-corrected chi connectivity index (χ1v) is 10.3. The van der Waals surface area contributed by atoms with Gasteiger partial charge in [0.1, 0.15) is 0 Å². The number of carbonyl (C=O) groups is 2. The van der Waals surface area contributed by atoms with Gasteiger partial charge in [-0.2, -0.15) is 0 Å². The molecule has 0 bridgehead atoms. The third-order valence-corrected chi connectivity index (χ3v) is 6.08. The summed E-state index contributed by atoms with van der Waals surface area (Å²) in [6, 6.07) is 9.98. The lowest BCUT2D eigenvalue weighted by molar-refractivity contribution is 0.0684. The summed E-state index contributed by atoms with van der Waals surface area (Å²) in [6.45, 7) is 1.65. The van der Waals surface area contributed by atoms with E-state index >= 15 is 0 Å². The number of nitrogens with zero attached hydrogens (tertiary/aromatic N) is 1. The molecule has 1 aliphatic rings. The molecule has 2 aromatic carbocycles. The van der Waals surface area contributed by atoms with Crippen LogP contribution in [0.15, 0.2) is 36.4 Å². The highest BCUT2D eigenvalue weighted by Gasteiger charge is 2.27. The van der Waals surface area contributed by atoms with Gasteiger partial charge in [0.05, 0.1) is 31.2 Å². The number of rotatable bonds is 4. The van der Waals surface area contributed by atoms with Gasteiger partial charge >= 0.3 is 0 Å². The molecule has 2 amide bonds. The maximum absolute atomic E-state index is 12.7. The standard InChI is InChI=1S/C20H18Cl4N2O2/c21-13-3-1-4-14(22)17(13)19(27)25-11-12-7-9-26(10-8-12)20(28)18-15(23)5-2-6-16(18)24/h1-6,12H,7-11H2,(H,25,27). The molecule has 0 radical (unpaired) electrons. The largest absolute Gasteiger partial charge is 0.352 e. The van der Waals surface area contributed by atoms with Crippen molar-refractivity contribution >= 4 is 58.2 Å². The van der Waals surface area contributed by atoms with E-state index in [2.05, 4.69) is 5.32 Å². The van der Waals surface area contributed by atoms with Crippen molar-refractivity contribution in [3.63, 3.8) is 0 Å². The minimum absolute atomic E-state index is 0.166. The Balaban J connectivity index is 1.55. The van der Waals surface area contributed by atoms with Crippen molar-refractivity contribution in [1.29, 1.82) is 0 Å². The predicted molar refractivity (Wildman–Crippen MR) is 114 cm³/mol. The van der Waals surface area contributed by atoms with E-state index in [-0.39, 0.29) is 23.3 Å². The second-order valence-corrected chi connectivity index (χ2v) is 8.27. The monoisotopic (exact) mass is 458 g/mol. The predicted octanol–water partition coefficient (Wildman–Crippen LogP) is 5.58. The molecule has 1 saturated heterocycles. The van der Waals surface area contributed by atoms with E-state index in [0.29, 0.717) is 45.3 Å². The molecule has 148 valence electrons. The van der Waals surface area contributed by atoms with Crippen LogP contribution in [0.5, 0.6) is 0 Å². The molecule has 0 unspecified atom stereocenters. The van der Waals surface area contributed by atoms with E-state index in [0.717, 1.165) is 12.8 Å². The van der Waals surface area contributed by atoms with Gasteiger partial charge in [-0.3, -0.25) is 9.59 Å². The van der Waals surface area contributed by atoms with Crippen LogP contribution in [-0.2, 0) is 0 Å². The van der Waals surface area contributed by atoms with Crippen molar-refractivity contribution in [2.75, 3.05) is 19.6 Å². The first-order valence-electron chi connectivity index (χ1n) is 8.84.